The van der Waals surface area contributed by atoms with Crippen LogP contribution in [0.25, 0.3) is 6.08 Å². The summed E-state index contributed by atoms with van der Waals surface area (Å²) in [5.74, 6) is 0. The van der Waals surface area contributed by atoms with Gasteiger partial charge in [-0.1, -0.05) is 60.2 Å². The molecule has 0 aliphatic rings. The molecule has 0 heterocycles. The zero-order chi connectivity index (χ0) is 12.8. The zero-order valence-electron chi connectivity index (χ0n) is 9.84. The molecule has 0 radical (unpaired) electrons. The van der Waals surface area contributed by atoms with E-state index in [-0.39, 0.29) is 0 Å². The number of allylic oxidation sites excluding steroid dienone is 1. The molecule has 90 valence electrons. The van der Waals surface area contributed by atoms with Crippen LogP contribution >= 0.6 is 11.6 Å². The third-order valence-corrected chi connectivity index (χ3v) is 2.95. The number of carbonyl (C=O) groups excluding carboxylic acids is 1. The Balaban J connectivity index is 2.07. The lowest BCUT2D eigenvalue weighted by molar-refractivity contribution is 0.112. The maximum Gasteiger partial charge on any atom is 0.150 e. The van der Waals surface area contributed by atoms with Crippen LogP contribution in [0.15, 0.2) is 54.6 Å². The maximum atomic E-state index is 10.9. The van der Waals surface area contributed by atoms with E-state index in [9.17, 15) is 4.79 Å². The second-order valence-electron chi connectivity index (χ2n) is 3.97. The topological polar surface area (TPSA) is 17.1 Å². The molecule has 0 aliphatic carbocycles. The van der Waals surface area contributed by atoms with Crippen LogP contribution in [0.1, 0.15) is 21.5 Å². The average molecular weight is 257 g/mol. The van der Waals surface area contributed by atoms with Gasteiger partial charge in [-0.05, 0) is 29.7 Å². The summed E-state index contributed by atoms with van der Waals surface area (Å²) in [5.41, 5.74) is 2.89. The van der Waals surface area contributed by atoms with Gasteiger partial charge in [0.15, 0.2) is 0 Å². The van der Waals surface area contributed by atoms with Gasteiger partial charge in [0.2, 0.25) is 0 Å². The lowest BCUT2D eigenvalue weighted by Crippen LogP contribution is -1.89. The molecular weight excluding hydrogens is 244 g/mol. The Morgan fingerprint density at radius 1 is 1.00 bits per heavy atom. The lowest BCUT2D eigenvalue weighted by Gasteiger charge is -2.00. The second-order valence-corrected chi connectivity index (χ2v) is 4.41. The number of carbonyl (C=O) groups is 1. The Labute approximate surface area is 112 Å². The predicted molar refractivity (Wildman–Crippen MR) is 76.0 cm³/mol. The van der Waals surface area contributed by atoms with Crippen molar-refractivity contribution in [3.63, 3.8) is 0 Å². The molecule has 0 aromatic heterocycles. The second kappa shape index (κ2) is 6.18. The third kappa shape index (κ3) is 3.31. The van der Waals surface area contributed by atoms with E-state index in [1.807, 2.05) is 60.7 Å². The van der Waals surface area contributed by atoms with Crippen LogP contribution < -0.4 is 0 Å². The van der Waals surface area contributed by atoms with Crippen LogP contribution in [-0.4, -0.2) is 6.29 Å². The van der Waals surface area contributed by atoms with Gasteiger partial charge in [-0.15, -0.1) is 0 Å². The molecule has 0 fully saturated rings. The van der Waals surface area contributed by atoms with E-state index in [2.05, 4.69) is 0 Å². The molecular formula is C16H13ClO. The van der Waals surface area contributed by atoms with Crippen molar-refractivity contribution < 1.29 is 4.79 Å². The molecule has 2 heteroatoms. The van der Waals surface area contributed by atoms with Crippen LogP contribution in [0, 0.1) is 0 Å². The van der Waals surface area contributed by atoms with Gasteiger partial charge in [0.1, 0.15) is 6.29 Å². The van der Waals surface area contributed by atoms with Crippen LogP contribution in [0.2, 0.25) is 5.02 Å². The summed E-state index contributed by atoms with van der Waals surface area (Å²) in [6.07, 6.45) is 5.71. The van der Waals surface area contributed by atoms with Crippen molar-refractivity contribution >= 4 is 24.0 Å². The largest absolute Gasteiger partial charge is 0.298 e. The van der Waals surface area contributed by atoms with Crippen LogP contribution in [0.3, 0.4) is 0 Å². The molecule has 0 unspecified atom stereocenters. The molecule has 0 atom stereocenters. The number of hydrogen-bond donors (Lipinski definition) is 0. The van der Waals surface area contributed by atoms with Gasteiger partial charge in [0.05, 0.1) is 0 Å². The van der Waals surface area contributed by atoms with E-state index in [0.717, 1.165) is 34.4 Å². The van der Waals surface area contributed by atoms with Gasteiger partial charge in [0.25, 0.3) is 0 Å². The van der Waals surface area contributed by atoms with E-state index in [1.165, 1.54) is 0 Å². The predicted octanol–water partition coefficient (Wildman–Crippen LogP) is 4.41. The molecule has 0 bridgehead atoms. The minimum absolute atomic E-state index is 0.735. The van der Waals surface area contributed by atoms with E-state index in [4.69, 9.17) is 11.6 Å². The maximum absolute atomic E-state index is 10.9. The third-order valence-electron chi connectivity index (χ3n) is 2.70. The quantitative estimate of drug-likeness (QED) is 0.741. The summed E-state index contributed by atoms with van der Waals surface area (Å²) >= 11 is 5.82. The van der Waals surface area contributed by atoms with Crippen molar-refractivity contribution in [3.8, 4) is 0 Å². The lowest BCUT2D eigenvalue weighted by atomic mass is 10.0. The first-order valence-electron chi connectivity index (χ1n) is 5.75. The van der Waals surface area contributed by atoms with Crippen LogP contribution in [-0.2, 0) is 6.42 Å². The molecule has 0 spiro atoms. The summed E-state index contributed by atoms with van der Waals surface area (Å²) in [6.45, 7) is 0. The summed E-state index contributed by atoms with van der Waals surface area (Å²) < 4.78 is 0. The SMILES string of the molecule is O=Cc1ccccc1CC=Cc1ccc(Cl)cc1. The Morgan fingerprint density at radius 3 is 2.44 bits per heavy atom. The normalized spacial score (nSPS) is 10.7. The van der Waals surface area contributed by atoms with Crippen molar-refractivity contribution in [3.05, 3.63) is 76.3 Å². The Hall–Kier alpha value is -1.86. The molecule has 0 amide bonds. The molecule has 0 saturated heterocycles. The first kappa shape index (κ1) is 12.6. The van der Waals surface area contributed by atoms with Gasteiger partial charge in [-0.2, -0.15) is 0 Å². The van der Waals surface area contributed by atoms with E-state index in [0.29, 0.717) is 0 Å². The monoisotopic (exact) mass is 256 g/mol. The van der Waals surface area contributed by atoms with E-state index >= 15 is 0 Å². The highest BCUT2D eigenvalue weighted by atomic mass is 35.5. The zero-order valence-corrected chi connectivity index (χ0v) is 10.6. The highest BCUT2D eigenvalue weighted by Gasteiger charge is 1.97. The van der Waals surface area contributed by atoms with Crippen molar-refractivity contribution in [2.75, 3.05) is 0 Å². The molecule has 0 N–H and O–H groups in total. The fourth-order valence-corrected chi connectivity index (χ4v) is 1.86. The molecule has 0 aliphatic heterocycles. The minimum atomic E-state index is 0.735. The standard InChI is InChI=1S/C16H13ClO/c17-16-10-8-13(9-11-16)4-3-7-14-5-1-2-6-15(14)12-18/h1-6,8-12H,7H2. The van der Waals surface area contributed by atoms with Crippen LogP contribution in [0.5, 0.6) is 0 Å². The van der Waals surface area contributed by atoms with Gasteiger partial charge in [-0.25, -0.2) is 0 Å². The first-order chi connectivity index (χ1) is 8.79. The van der Waals surface area contributed by atoms with Gasteiger partial charge in [0, 0.05) is 10.6 Å². The highest BCUT2D eigenvalue weighted by molar-refractivity contribution is 6.30. The Bertz CT molecular complexity index is 556. The number of benzene rings is 2. The number of aldehydes is 1. The molecule has 0 saturated carbocycles. The van der Waals surface area contributed by atoms with E-state index in [1.54, 1.807) is 0 Å². The van der Waals surface area contributed by atoms with Gasteiger partial charge in [-0.3, -0.25) is 4.79 Å². The number of hydrogen-bond acceptors (Lipinski definition) is 1. The van der Waals surface area contributed by atoms with Crippen molar-refractivity contribution in [1.29, 1.82) is 0 Å². The summed E-state index contributed by atoms with van der Waals surface area (Å²) in [6, 6.07) is 15.3. The summed E-state index contributed by atoms with van der Waals surface area (Å²) in [4.78, 5) is 10.9. The van der Waals surface area contributed by atoms with E-state index < -0.39 is 0 Å². The summed E-state index contributed by atoms with van der Waals surface area (Å²) in [5, 5.41) is 0.735. The van der Waals surface area contributed by atoms with Gasteiger partial charge >= 0.3 is 0 Å². The Kier molecular flexibility index (Phi) is 4.32. The Morgan fingerprint density at radius 2 is 1.72 bits per heavy atom. The number of halogens is 1. The molecule has 2 aromatic carbocycles. The van der Waals surface area contributed by atoms with Gasteiger partial charge < -0.3 is 0 Å². The number of rotatable bonds is 4. The first-order valence-corrected chi connectivity index (χ1v) is 6.12. The smallest absolute Gasteiger partial charge is 0.150 e. The molecule has 1 nitrogen and oxygen atoms in total. The summed E-state index contributed by atoms with van der Waals surface area (Å²) in [7, 11) is 0. The minimum Gasteiger partial charge on any atom is -0.298 e. The van der Waals surface area contributed by atoms with Crippen molar-refractivity contribution in [1.82, 2.24) is 0 Å². The highest BCUT2D eigenvalue weighted by Crippen LogP contribution is 2.12. The molecule has 2 rings (SSSR count). The molecule has 2 aromatic rings. The fourth-order valence-electron chi connectivity index (χ4n) is 1.73. The van der Waals surface area contributed by atoms with Crippen LogP contribution in [0.4, 0.5) is 0 Å². The van der Waals surface area contributed by atoms with Crippen molar-refractivity contribution in [2.45, 2.75) is 6.42 Å². The van der Waals surface area contributed by atoms with Crippen molar-refractivity contribution in [2.24, 2.45) is 0 Å². The fraction of sp³-hybridized carbons (Fsp3) is 0.0625. The average Bonchev–Trinajstić information content (AvgIpc) is 2.41. The molecule has 18 heavy (non-hydrogen) atoms.